The van der Waals surface area contributed by atoms with Crippen LogP contribution in [0, 0.1) is 0 Å². The van der Waals surface area contributed by atoms with E-state index in [-0.39, 0.29) is 0 Å². The quantitative estimate of drug-likeness (QED) is 0.469. The van der Waals surface area contributed by atoms with Gasteiger partial charge in [-0.15, -0.1) is 0 Å². The second-order valence-corrected chi connectivity index (χ2v) is 9.02. The first kappa shape index (κ1) is 9.52. The summed E-state index contributed by atoms with van der Waals surface area (Å²) in [4.78, 5) is 0. The molecule has 0 bridgehead atoms. The standard InChI is InChI=1S/2CF3.Hg/c2*2-1(3)4;. The second-order valence-electron chi connectivity index (χ2n) is 1.41. The molecule has 0 nitrogen and oxygen atoms in total. The van der Waals surface area contributed by atoms with E-state index < -0.39 is 31.9 Å². The Morgan fingerprint density at radius 3 is 0.889 bits per heavy atom. The predicted octanol–water partition coefficient (Wildman–Crippen LogP) is 2.11. The van der Waals surface area contributed by atoms with Gasteiger partial charge in [-0.2, -0.15) is 0 Å². The molecule has 9 heavy (non-hydrogen) atoms. The fraction of sp³-hybridized carbons (Fsp3) is 1.00. The molecule has 52 valence electrons. The molecule has 0 radical (unpaired) electrons. The van der Waals surface area contributed by atoms with Gasteiger partial charge in [-0.1, -0.05) is 0 Å². The molecule has 0 atom stereocenters. The molecular weight excluding hydrogens is 339 g/mol. The summed E-state index contributed by atoms with van der Waals surface area (Å²) >= 11 is -4.63. The summed E-state index contributed by atoms with van der Waals surface area (Å²) in [6.45, 7) is 0. The van der Waals surface area contributed by atoms with Crippen molar-refractivity contribution in [3.05, 3.63) is 0 Å². The van der Waals surface area contributed by atoms with Crippen molar-refractivity contribution in [1.82, 2.24) is 0 Å². The van der Waals surface area contributed by atoms with E-state index in [1.54, 1.807) is 0 Å². The molecular formula is C2F6Hg. The summed E-state index contributed by atoms with van der Waals surface area (Å²) in [5.41, 5.74) is 0. The van der Waals surface area contributed by atoms with Gasteiger partial charge < -0.3 is 0 Å². The van der Waals surface area contributed by atoms with Crippen LogP contribution in [-0.4, -0.2) is 7.37 Å². The normalized spacial score (nSPS) is 13.1. The minimum atomic E-state index is -4.92. The second kappa shape index (κ2) is 2.63. The van der Waals surface area contributed by atoms with E-state index in [9.17, 15) is 26.3 Å². The van der Waals surface area contributed by atoms with Crippen LogP contribution in [0.5, 0.6) is 0 Å². The Labute approximate surface area is 58.7 Å². The maximum atomic E-state index is 10.9. The van der Waals surface area contributed by atoms with Gasteiger partial charge in [0.1, 0.15) is 0 Å². The summed E-state index contributed by atoms with van der Waals surface area (Å²) in [5.74, 6) is 0. The average molecular weight is 339 g/mol. The monoisotopic (exact) mass is 340 g/mol. The van der Waals surface area contributed by atoms with Crippen LogP contribution in [0.15, 0.2) is 0 Å². The fourth-order valence-corrected chi connectivity index (χ4v) is 1.99. The van der Waals surface area contributed by atoms with Gasteiger partial charge in [0.2, 0.25) is 0 Å². The zero-order valence-corrected chi connectivity index (χ0v) is 9.47. The van der Waals surface area contributed by atoms with Crippen LogP contribution in [0.4, 0.5) is 26.3 Å². The SMILES string of the molecule is F[C](F)(F)[Hg][C](F)(F)F. The topological polar surface area (TPSA) is 0 Å². The molecule has 0 aliphatic heterocycles. The predicted molar refractivity (Wildman–Crippen MR) is 12.1 cm³/mol. The van der Waals surface area contributed by atoms with Gasteiger partial charge >= 0.3 is 58.3 Å². The molecule has 0 fully saturated rings. The van der Waals surface area contributed by atoms with Crippen LogP contribution in [0.2, 0.25) is 0 Å². The summed E-state index contributed by atoms with van der Waals surface area (Å²) in [6.07, 6.45) is 0. The Hall–Kier alpha value is 0.515. The van der Waals surface area contributed by atoms with Crippen LogP contribution >= 0.6 is 0 Å². The van der Waals surface area contributed by atoms with Crippen molar-refractivity contribution in [3.63, 3.8) is 0 Å². The fourth-order valence-electron chi connectivity index (χ4n) is 0.227. The van der Waals surface area contributed by atoms with Crippen molar-refractivity contribution in [2.45, 2.75) is 7.37 Å². The van der Waals surface area contributed by atoms with E-state index in [0.29, 0.717) is 0 Å². The summed E-state index contributed by atoms with van der Waals surface area (Å²) in [6, 6.07) is 0. The molecule has 0 aromatic carbocycles. The van der Waals surface area contributed by atoms with Crippen molar-refractivity contribution in [1.29, 1.82) is 0 Å². The first-order valence-corrected chi connectivity index (χ1v) is 7.34. The van der Waals surface area contributed by atoms with Gasteiger partial charge in [-0.25, -0.2) is 0 Å². The molecule has 0 rings (SSSR count). The zero-order chi connectivity index (χ0) is 7.71. The van der Waals surface area contributed by atoms with E-state index in [1.807, 2.05) is 0 Å². The van der Waals surface area contributed by atoms with Gasteiger partial charge in [-0.3, -0.25) is 0 Å². The van der Waals surface area contributed by atoms with Crippen molar-refractivity contribution in [3.8, 4) is 0 Å². The molecule has 0 N–H and O–H groups in total. The van der Waals surface area contributed by atoms with Gasteiger partial charge in [-0.05, 0) is 0 Å². The van der Waals surface area contributed by atoms with Gasteiger partial charge in [0.15, 0.2) is 0 Å². The molecule has 0 spiro atoms. The maximum absolute atomic E-state index is 10.9. The molecule has 0 amide bonds. The summed E-state index contributed by atoms with van der Waals surface area (Å²) < 4.78 is 55.7. The molecule has 0 aliphatic carbocycles. The van der Waals surface area contributed by atoms with Crippen molar-refractivity contribution < 1.29 is 50.9 Å². The van der Waals surface area contributed by atoms with E-state index in [1.165, 1.54) is 0 Å². The van der Waals surface area contributed by atoms with Crippen molar-refractivity contribution in [2.75, 3.05) is 0 Å². The van der Waals surface area contributed by atoms with Crippen LogP contribution in [0.3, 0.4) is 0 Å². The Balaban J connectivity index is 3.75. The van der Waals surface area contributed by atoms with E-state index in [4.69, 9.17) is 0 Å². The van der Waals surface area contributed by atoms with E-state index >= 15 is 0 Å². The molecule has 0 saturated carbocycles. The van der Waals surface area contributed by atoms with Crippen LogP contribution in [0.1, 0.15) is 0 Å². The van der Waals surface area contributed by atoms with Gasteiger partial charge in [0.25, 0.3) is 0 Å². The molecule has 7 heteroatoms. The third-order valence-electron chi connectivity index (χ3n) is 0.401. The number of rotatable bonds is 0. The minimum absolute atomic E-state index is 4.63. The molecule has 0 heterocycles. The Morgan fingerprint density at radius 2 is 0.889 bits per heavy atom. The number of alkyl halides is 6. The molecule has 0 aromatic rings. The molecule has 0 unspecified atom stereocenters. The third kappa shape index (κ3) is 8.52. The van der Waals surface area contributed by atoms with E-state index in [0.717, 1.165) is 0 Å². The van der Waals surface area contributed by atoms with Crippen molar-refractivity contribution in [2.24, 2.45) is 0 Å². The summed E-state index contributed by atoms with van der Waals surface area (Å²) in [7, 11) is 0. The van der Waals surface area contributed by atoms with Crippen molar-refractivity contribution >= 4 is 0 Å². The average Bonchev–Trinajstić information content (AvgIpc) is 1.14. The summed E-state index contributed by atoms with van der Waals surface area (Å²) in [5, 5.41) is 0. The number of hydrogen-bond acceptors (Lipinski definition) is 0. The molecule has 0 saturated heterocycles. The number of hydrogen-bond donors (Lipinski definition) is 0. The molecule has 0 aromatic heterocycles. The van der Waals surface area contributed by atoms with Gasteiger partial charge in [0.05, 0.1) is 0 Å². The van der Waals surface area contributed by atoms with E-state index in [2.05, 4.69) is 0 Å². The van der Waals surface area contributed by atoms with Crippen LogP contribution in [0.25, 0.3) is 0 Å². The first-order chi connectivity index (χ1) is 3.71. The van der Waals surface area contributed by atoms with Gasteiger partial charge in [0, 0.05) is 0 Å². The first-order valence-electron chi connectivity index (χ1n) is 1.84. The Kier molecular flexibility index (Phi) is 2.78. The molecule has 0 aliphatic rings. The Bertz CT molecular complexity index is 76.2. The third-order valence-corrected chi connectivity index (χ3v) is 3.52. The van der Waals surface area contributed by atoms with Crippen LogP contribution in [-0.2, 0) is 24.6 Å². The Morgan fingerprint density at radius 1 is 0.667 bits per heavy atom. The van der Waals surface area contributed by atoms with Crippen LogP contribution < -0.4 is 0 Å². The number of halogens is 6. The zero-order valence-electron chi connectivity index (χ0n) is 3.97.